The number of hydrogen-bond donors (Lipinski definition) is 1. The zero-order valence-corrected chi connectivity index (χ0v) is 17.1. The van der Waals surface area contributed by atoms with E-state index in [2.05, 4.69) is 5.32 Å². The number of amides is 2. The van der Waals surface area contributed by atoms with E-state index in [4.69, 9.17) is 4.74 Å². The van der Waals surface area contributed by atoms with Crippen LogP contribution in [0.3, 0.4) is 0 Å². The van der Waals surface area contributed by atoms with Gasteiger partial charge >= 0.3 is 0 Å². The van der Waals surface area contributed by atoms with Gasteiger partial charge in [0.15, 0.2) is 11.4 Å². The maximum atomic E-state index is 13.3. The average molecular weight is 398 g/mol. The van der Waals surface area contributed by atoms with Gasteiger partial charge in [-0.25, -0.2) is 9.69 Å². The van der Waals surface area contributed by atoms with E-state index in [0.29, 0.717) is 12.2 Å². The van der Waals surface area contributed by atoms with Crippen LogP contribution >= 0.6 is 0 Å². The van der Waals surface area contributed by atoms with Crippen LogP contribution in [-0.4, -0.2) is 41.1 Å². The second-order valence-electron chi connectivity index (χ2n) is 7.22. The van der Waals surface area contributed by atoms with Crippen molar-refractivity contribution in [2.45, 2.75) is 40.0 Å². The van der Waals surface area contributed by atoms with E-state index in [-0.39, 0.29) is 48.0 Å². The van der Waals surface area contributed by atoms with Gasteiger partial charge in [-0.2, -0.15) is 0 Å². The molecule has 29 heavy (non-hydrogen) atoms. The van der Waals surface area contributed by atoms with Crippen LogP contribution in [0.4, 0.5) is 0 Å². The number of pyridine rings is 1. The Morgan fingerprint density at radius 1 is 1.21 bits per heavy atom. The average Bonchev–Trinajstić information content (AvgIpc) is 2.68. The lowest BCUT2D eigenvalue weighted by atomic mass is 10.2. The van der Waals surface area contributed by atoms with Crippen molar-refractivity contribution in [1.29, 1.82) is 0 Å². The summed E-state index contributed by atoms with van der Waals surface area (Å²) in [4.78, 5) is 40.1. The summed E-state index contributed by atoms with van der Waals surface area (Å²) in [6, 6.07) is 10.7. The molecule has 1 N–H and O–H groups in total. The van der Waals surface area contributed by atoms with E-state index in [1.807, 2.05) is 44.2 Å². The fraction of sp³-hybridized carbons (Fsp3) is 0.381. The van der Waals surface area contributed by atoms with Crippen molar-refractivity contribution in [3.8, 4) is 5.75 Å². The van der Waals surface area contributed by atoms with Gasteiger partial charge in [0, 0.05) is 25.6 Å². The van der Waals surface area contributed by atoms with Crippen molar-refractivity contribution in [3.05, 3.63) is 63.6 Å². The molecule has 1 aliphatic rings. The smallest absolute Gasteiger partial charge is 0.278 e. The SMILES string of the molecule is CNCc1cc(=O)c(OCc2ccccc2)c2n1N(C(C)=O)CN(C(C)C)C2=O. The van der Waals surface area contributed by atoms with Crippen LogP contribution in [0, 0.1) is 0 Å². The second kappa shape index (κ2) is 8.48. The van der Waals surface area contributed by atoms with E-state index in [1.165, 1.54) is 22.7 Å². The van der Waals surface area contributed by atoms with Crippen molar-refractivity contribution in [3.63, 3.8) is 0 Å². The topological polar surface area (TPSA) is 83.9 Å². The molecule has 0 spiro atoms. The molecule has 1 aliphatic heterocycles. The molecular weight excluding hydrogens is 372 g/mol. The van der Waals surface area contributed by atoms with Gasteiger partial charge in [-0.3, -0.25) is 14.4 Å². The number of rotatable bonds is 6. The van der Waals surface area contributed by atoms with Gasteiger partial charge in [0.1, 0.15) is 13.3 Å². The van der Waals surface area contributed by atoms with Crippen molar-refractivity contribution in [1.82, 2.24) is 14.9 Å². The van der Waals surface area contributed by atoms with Crippen LogP contribution < -0.4 is 20.5 Å². The van der Waals surface area contributed by atoms with Crippen LogP contribution in [0.15, 0.2) is 41.2 Å². The third kappa shape index (κ3) is 4.02. The summed E-state index contributed by atoms with van der Waals surface area (Å²) < 4.78 is 7.36. The standard InChI is InChI=1S/C21H26N4O4/c1-14(2)23-13-24(15(3)26)25-17(11-22-4)10-18(27)20(19(25)21(23)28)29-12-16-8-6-5-7-9-16/h5-10,14,22H,11-13H2,1-4H3. The van der Waals surface area contributed by atoms with E-state index < -0.39 is 0 Å². The molecule has 0 atom stereocenters. The minimum atomic E-state index is -0.389. The molecule has 2 aromatic rings. The number of benzene rings is 1. The Labute approximate surface area is 169 Å². The molecule has 0 bridgehead atoms. The van der Waals surface area contributed by atoms with Crippen LogP contribution in [0.2, 0.25) is 0 Å². The second-order valence-corrected chi connectivity index (χ2v) is 7.22. The van der Waals surface area contributed by atoms with Crippen molar-refractivity contribution in [2.24, 2.45) is 0 Å². The number of hydrogen-bond acceptors (Lipinski definition) is 5. The lowest BCUT2D eigenvalue weighted by Gasteiger charge is -2.41. The van der Waals surface area contributed by atoms with E-state index in [9.17, 15) is 14.4 Å². The number of nitrogens with one attached hydrogen (secondary N) is 1. The normalized spacial score (nSPS) is 13.6. The molecule has 0 aliphatic carbocycles. The Bertz CT molecular complexity index is 969. The molecule has 0 saturated carbocycles. The van der Waals surface area contributed by atoms with Gasteiger partial charge in [-0.05, 0) is 26.5 Å². The van der Waals surface area contributed by atoms with Crippen molar-refractivity contribution < 1.29 is 14.3 Å². The van der Waals surface area contributed by atoms with Gasteiger partial charge in [-0.1, -0.05) is 30.3 Å². The number of carbonyl (C=O) groups excluding carboxylic acids is 2. The number of carbonyl (C=O) groups is 2. The minimum Gasteiger partial charge on any atom is -0.482 e. The Balaban J connectivity index is 2.17. The highest BCUT2D eigenvalue weighted by Gasteiger charge is 2.37. The molecular formula is C21H26N4O4. The maximum absolute atomic E-state index is 13.3. The highest BCUT2D eigenvalue weighted by molar-refractivity contribution is 5.99. The Hall–Kier alpha value is -3.13. The Morgan fingerprint density at radius 3 is 2.48 bits per heavy atom. The zero-order chi connectivity index (χ0) is 21.1. The van der Waals surface area contributed by atoms with E-state index in [0.717, 1.165) is 5.56 Å². The van der Waals surface area contributed by atoms with Gasteiger partial charge in [-0.15, -0.1) is 0 Å². The monoisotopic (exact) mass is 398 g/mol. The molecule has 8 nitrogen and oxygen atoms in total. The highest BCUT2D eigenvalue weighted by Crippen LogP contribution is 2.25. The lowest BCUT2D eigenvalue weighted by molar-refractivity contribution is -0.118. The predicted molar refractivity (Wildman–Crippen MR) is 109 cm³/mol. The molecule has 2 heterocycles. The molecule has 8 heteroatoms. The first-order valence-electron chi connectivity index (χ1n) is 9.54. The molecule has 0 fully saturated rings. The van der Waals surface area contributed by atoms with E-state index in [1.54, 1.807) is 11.9 Å². The minimum absolute atomic E-state index is 0.0460. The van der Waals surface area contributed by atoms with Crippen LogP contribution in [0.25, 0.3) is 0 Å². The third-order valence-electron chi connectivity index (χ3n) is 4.78. The molecule has 154 valence electrons. The fourth-order valence-electron chi connectivity index (χ4n) is 3.32. The first kappa shape index (κ1) is 20.6. The Kier molecular flexibility index (Phi) is 6.03. The van der Waals surface area contributed by atoms with Gasteiger partial charge in [0.05, 0.1) is 5.69 Å². The summed E-state index contributed by atoms with van der Waals surface area (Å²) in [5, 5.41) is 4.44. The molecule has 0 unspecified atom stereocenters. The first-order chi connectivity index (χ1) is 13.8. The maximum Gasteiger partial charge on any atom is 0.278 e. The van der Waals surface area contributed by atoms with Gasteiger partial charge in [0.2, 0.25) is 11.3 Å². The summed E-state index contributed by atoms with van der Waals surface area (Å²) in [6.45, 7) is 5.74. The molecule has 1 aromatic heterocycles. The van der Waals surface area contributed by atoms with E-state index >= 15 is 0 Å². The third-order valence-corrected chi connectivity index (χ3v) is 4.78. The van der Waals surface area contributed by atoms with Crippen LogP contribution in [0.1, 0.15) is 42.5 Å². The van der Waals surface area contributed by atoms with Gasteiger partial charge < -0.3 is 15.0 Å². The highest BCUT2D eigenvalue weighted by atomic mass is 16.5. The van der Waals surface area contributed by atoms with Crippen LogP contribution in [-0.2, 0) is 17.9 Å². The molecule has 2 amide bonds. The lowest BCUT2D eigenvalue weighted by Crippen LogP contribution is -2.58. The number of ether oxygens (including phenoxy) is 1. The summed E-state index contributed by atoms with van der Waals surface area (Å²) in [7, 11) is 1.74. The van der Waals surface area contributed by atoms with Crippen LogP contribution in [0.5, 0.6) is 5.75 Å². The number of nitrogens with zero attached hydrogens (tertiary/aromatic N) is 3. The van der Waals surface area contributed by atoms with Crippen molar-refractivity contribution in [2.75, 3.05) is 18.7 Å². The van der Waals surface area contributed by atoms with Gasteiger partial charge in [0.25, 0.3) is 5.91 Å². The molecule has 1 aromatic carbocycles. The number of fused-ring (bicyclic) bond motifs is 1. The molecule has 0 radical (unpaired) electrons. The quantitative estimate of drug-likeness (QED) is 0.796. The molecule has 3 rings (SSSR count). The Morgan fingerprint density at radius 2 is 1.90 bits per heavy atom. The summed E-state index contributed by atoms with van der Waals surface area (Å²) >= 11 is 0. The summed E-state index contributed by atoms with van der Waals surface area (Å²) in [5.74, 6) is -0.620. The number of aromatic nitrogens is 1. The molecule has 0 saturated heterocycles. The zero-order valence-electron chi connectivity index (χ0n) is 17.1. The summed E-state index contributed by atoms with van der Waals surface area (Å²) in [5.41, 5.74) is 1.08. The largest absolute Gasteiger partial charge is 0.482 e. The van der Waals surface area contributed by atoms with Crippen molar-refractivity contribution >= 4 is 11.8 Å². The predicted octanol–water partition coefficient (Wildman–Crippen LogP) is 1.45. The first-order valence-corrected chi connectivity index (χ1v) is 9.54. The fourth-order valence-corrected chi connectivity index (χ4v) is 3.32. The summed E-state index contributed by atoms with van der Waals surface area (Å²) in [6.07, 6.45) is 0.